The Labute approximate surface area is 145 Å². The molecule has 3 aromatic rings. The first kappa shape index (κ1) is 15.7. The van der Waals surface area contributed by atoms with Crippen LogP contribution in [0.25, 0.3) is 11.4 Å². The van der Waals surface area contributed by atoms with Crippen molar-refractivity contribution in [1.29, 1.82) is 5.26 Å². The van der Waals surface area contributed by atoms with Crippen molar-refractivity contribution >= 4 is 34.9 Å². The number of nitriles is 1. The summed E-state index contributed by atoms with van der Waals surface area (Å²) in [5, 5.41) is 18.5. The minimum absolute atomic E-state index is 0.212. The molecule has 0 aliphatic rings. The van der Waals surface area contributed by atoms with Gasteiger partial charge in [-0.1, -0.05) is 17.7 Å². The van der Waals surface area contributed by atoms with Crippen LogP contribution >= 0.6 is 34.9 Å². The van der Waals surface area contributed by atoms with E-state index in [1.807, 2.05) is 16.7 Å². The van der Waals surface area contributed by atoms with Gasteiger partial charge in [0.05, 0.1) is 0 Å². The molecule has 0 fully saturated rings. The molecule has 0 radical (unpaired) electrons. The summed E-state index contributed by atoms with van der Waals surface area (Å²) < 4.78 is 6.61. The number of nitrogens with zero attached hydrogens (tertiary/aromatic N) is 6. The van der Waals surface area contributed by atoms with E-state index in [1.54, 1.807) is 18.5 Å². The Bertz CT molecular complexity index is 881. The monoisotopic (exact) mass is 360 g/mol. The molecule has 0 amide bonds. The molecule has 23 heavy (non-hydrogen) atoms. The molecule has 0 spiro atoms. The fourth-order valence-corrected chi connectivity index (χ4v) is 3.96. The standard InChI is InChI=1S/C14H9ClN6S2/c1-2-7-21-12(9-3-5-17-6-4-9)18-19-14(21)22-13-10(8-16)11(15)20-23-13/h2-6H,1,7H2. The van der Waals surface area contributed by atoms with Crippen LogP contribution < -0.4 is 0 Å². The molecule has 0 saturated heterocycles. The van der Waals surface area contributed by atoms with Crippen LogP contribution in [0.5, 0.6) is 0 Å². The molecule has 114 valence electrons. The van der Waals surface area contributed by atoms with Gasteiger partial charge in [-0.25, -0.2) is 0 Å². The van der Waals surface area contributed by atoms with E-state index in [0.29, 0.717) is 27.3 Å². The van der Waals surface area contributed by atoms with Crippen molar-refractivity contribution in [3.8, 4) is 17.5 Å². The van der Waals surface area contributed by atoms with Gasteiger partial charge in [-0.2, -0.15) is 9.64 Å². The Morgan fingerprint density at radius 3 is 2.87 bits per heavy atom. The Morgan fingerprint density at radius 2 is 2.17 bits per heavy atom. The topological polar surface area (TPSA) is 80.3 Å². The first-order valence-electron chi connectivity index (χ1n) is 6.42. The molecule has 3 aromatic heterocycles. The molecule has 0 atom stereocenters. The van der Waals surface area contributed by atoms with Gasteiger partial charge >= 0.3 is 0 Å². The van der Waals surface area contributed by atoms with E-state index in [-0.39, 0.29) is 5.15 Å². The molecule has 6 nitrogen and oxygen atoms in total. The van der Waals surface area contributed by atoms with Crippen LogP contribution in [0.3, 0.4) is 0 Å². The highest BCUT2D eigenvalue weighted by atomic mass is 35.5. The maximum Gasteiger partial charge on any atom is 0.197 e. The minimum atomic E-state index is 0.212. The highest BCUT2D eigenvalue weighted by Gasteiger charge is 2.19. The van der Waals surface area contributed by atoms with Crippen LogP contribution in [0.15, 0.2) is 46.5 Å². The van der Waals surface area contributed by atoms with E-state index < -0.39 is 0 Å². The van der Waals surface area contributed by atoms with E-state index in [1.165, 1.54) is 23.3 Å². The Morgan fingerprint density at radius 1 is 1.39 bits per heavy atom. The molecule has 3 heterocycles. The smallest absolute Gasteiger partial charge is 0.197 e. The van der Waals surface area contributed by atoms with E-state index in [4.69, 9.17) is 11.6 Å². The molecule has 0 aliphatic carbocycles. The Balaban J connectivity index is 2.02. The summed E-state index contributed by atoms with van der Waals surface area (Å²) in [6, 6.07) is 5.79. The third kappa shape index (κ3) is 3.12. The second-order valence-electron chi connectivity index (χ2n) is 4.29. The minimum Gasteiger partial charge on any atom is -0.298 e. The lowest BCUT2D eigenvalue weighted by atomic mass is 10.2. The first-order valence-corrected chi connectivity index (χ1v) is 8.39. The van der Waals surface area contributed by atoms with Gasteiger partial charge in [0.25, 0.3) is 0 Å². The van der Waals surface area contributed by atoms with Crippen molar-refractivity contribution in [3.05, 3.63) is 47.9 Å². The maximum absolute atomic E-state index is 9.17. The van der Waals surface area contributed by atoms with Gasteiger partial charge in [0.1, 0.15) is 15.8 Å². The first-order chi connectivity index (χ1) is 11.2. The SMILES string of the molecule is C=CCn1c(Sc2snc(Cl)c2C#N)nnc1-c1ccncc1. The van der Waals surface area contributed by atoms with Crippen LogP contribution in [0.2, 0.25) is 5.15 Å². The van der Waals surface area contributed by atoms with Gasteiger partial charge in [0, 0.05) is 24.5 Å². The summed E-state index contributed by atoms with van der Waals surface area (Å²) in [6.45, 7) is 4.32. The van der Waals surface area contributed by atoms with Gasteiger partial charge in [-0.05, 0) is 35.4 Å². The third-order valence-electron chi connectivity index (χ3n) is 2.88. The lowest BCUT2D eigenvalue weighted by molar-refractivity contribution is 0.731. The predicted octanol–water partition coefficient (Wildman–Crippen LogP) is 3.66. The van der Waals surface area contributed by atoms with Crippen molar-refractivity contribution in [2.24, 2.45) is 0 Å². The molecular weight excluding hydrogens is 352 g/mol. The number of aromatic nitrogens is 5. The summed E-state index contributed by atoms with van der Waals surface area (Å²) in [4.78, 5) is 4.01. The lowest BCUT2D eigenvalue weighted by Crippen LogP contribution is -2.00. The van der Waals surface area contributed by atoms with Gasteiger partial charge in [-0.3, -0.25) is 9.55 Å². The second-order valence-corrected chi connectivity index (χ2v) is 6.66. The normalized spacial score (nSPS) is 10.4. The number of rotatable bonds is 5. The summed E-state index contributed by atoms with van der Waals surface area (Å²) in [5.41, 5.74) is 1.27. The van der Waals surface area contributed by atoms with Crippen LogP contribution in [0.4, 0.5) is 0 Å². The fraction of sp³-hybridized carbons (Fsp3) is 0.0714. The van der Waals surface area contributed by atoms with Crippen molar-refractivity contribution in [1.82, 2.24) is 24.1 Å². The van der Waals surface area contributed by atoms with Crippen LogP contribution in [-0.2, 0) is 6.54 Å². The lowest BCUT2D eigenvalue weighted by Gasteiger charge is -2.06. The number of pyridine rings is 1. The largest absolute Gasteiger partial charge is 0.298 e. The van der Waals surface area contributed by atoms with E-state index in [9.17, 15) is 5.26 Å². The maximum atomic E-state index is 9.17. The molecule has 9 heteroatoms. The van der Waals surface area contributed by atoms with Gasteiger partial charge in [0.15, 0.2) is 16.1 Å². The zero-order valence-corrected chi connectivity index (χ0v) is 14.1. The summed E-state index contributed by atoms with van der Waals surface area (Å²) in [6.07, 6.45) is 5.17. The van der Waals surface area contributed by atoms with Crippen molar-refractivity contribution < 1.29 is 0 Å². The van der Waals surface area contributed by atoms with Crippen molar-refractivity contribution in [2.75, 3.05) is 0 Å². The average Bonchev–Trinajstić information content (AvgIpc) is 3.13. The number of hydrogen-bond acceptors (Lipinski definition) is 7. The van der Waals surface area contributed by atoms with Gasteiger partial charge in [0.2, 0.25) is 0 Å². The Hall–Kier alpha value is -2.21. The van der Waals surface area contributed by atoms with Gasteiger partial charge < -0.3 is 0 Å². The highest BCUT2D eigenvalue weighted by Crippen LogP contribution is 2.36. The van der Waals surface area contributed by atoms with E-state index >= 15 is 0 Å². The molecule has 3 rings (SSSR count). The van der Waals surface area contributed by atoms with Crippen molar-refractivity contribution in [2.45, 2.75) is 15.9 Å². The fourth-order valence-electron chi connectivity index (χ4n) is 1.87. The van der Waals surface area contributed by atoms with Gasteiger partial charge in [-0.15, -0.1) is 16.8 Å². The molecule has 0 aliphatic heterocycles. The number of hydrogen-bond donors (Lipinski definition) is 0. The van der Waals surface area contributed by atoms with Crippen LogP contribution in [0.1, 0.15) is 5.56 Å². The van der Waals surface area contributed by atoms with E-state index in [0.717, 1.165) is 5.56 Å². The molecular formula is C14H9ClN6S2. The Kier molecular flexibility index (Phi) is 4.71. The molecule has 0 unspecified atom stereocenters. The highest BCUT2D eigenvalue weighted by molar-refractivity contribution is 8.01. The zero-order chi connectivity index (χ0) is 16.2. The third-order valence-corrected chi connectivity index (χ3v) is 5.25. The second kappa shape index (κ2) is 6.91. The summed E-state index contributed by atoms with van der Waals surface area (Å²) >= 11 is 8.40. The van der Waals surface area contributed by atoms with Crippen LogP contribution in [-0.4, -0.2) is 24.1 Å². The summed E-state index contributed by atoms with van der Waals surface area (Å²) in [7, 11) is 0. The average molecular weight is 361 g/mol. The molecule has 0 aromatic carbocycles. The molecule has 0 bridgehead atoms. The van der Waals surface area contributed by atoms with E-state index in [2.05, 4.69) is 32.2 Å². The number of halogens is 1. The zero-order valence-electron chi connectivity index (χ0n) is 11.7. The molecule has 0 N–H and O–H groups in total. The van der Waals surface area contributed by atoms with Crippen LogP contribution in [0, 0.1) is 11.3 Å². The quantitative estimate of drug-likeness (QED) is 0.646. The van der Waals surface area contributed by atoms with Crippen molar-refractivity contribution in [3.63, 3.8) is 0 Å². The predicted molar refractivity (Wildman–Crippen MR) is 89.4 cm³/mol. The molecule has 0 saturated carbocycles. The number of allylic oxidation sites excluding steroid dienone is 1. The summed E-state index contributed by atoms with van der Waals surface area (Å²) in [5.74, 6) is 0.712.